The monoisotopic (exact) mass is 782 g/mol. The van der Waals surface area contributed by atoms with Gasteiger partial charge in [0.05, 0.1) is 42.2 Å². The van der Waals surface area contributed by atoms with Crippen LogP contribution in [-0.2, 0) is 33.2 Å². The summed E-state index contributed by atoms with van der Waals surface area (Å²) in [4.78, 5) is 37.0. The number of benzene rings is 2. The van der Waals surface area contributed by atoms with Crippen LogP contribution in [0.2, 0.25) is 0 Å². The van der Waals surface area contributed by atoms with Crippen LogP contribution >= 0.6 is 0 Å². The number of carbonyl (C=O) groups is 2. The molecule has 2 saturated heterocycles. The minimum atomic E-state index is -4.99. The van der Waals surface area contributed by atoms with Crippen molar-refractivity contribution in [1.82, 2.24) is 24.9 Å². The number of nitrogens with one attached hydrogen (secondary N) is 1. The normalized spacial score (nSPS) is 21.6. The number of alkyl halides is 6. The lowest BCUT2D eigenvalue weighted by Crippen LogP contribution is -2.64. The Balaban J connectivity index is 1.16. The largest absolute Gasteiger partial charge is 0.509 e. The molecule has 0 unspecified atom stereocenters. The van der Waals surface area contributed by atoms with Crippen LogP contribution in [0.1, 0.15) is 48.9 Å². The maximum absolute atomic E-state index is 15.6. The Morgan fingerprint density at radius 1 is 1.00 bits per heavy atom. The van der Waals surface area contributed by atoms with Gasteiger partial charge in [0.15, 0.2) is 11.6 Å². The van der Waals surface area contributed by atoms with Gasteiger partial charge < -0.3 is 19.9 Å². The third-order valence-electron chi connectivity index (χ3n) is 10.8. The number of hydrogen-bond donors (Lipinski definition) is 2. The number of fused-ring (bicyclic) bond motifs is 2. The molecule has 3 aromatic rings. The number of morpholine rings is 1. The molecular weight excluding hydrogens is 748 g/mol. The van der Waals surface area contributed by atoms with Crippen LogP contribution in [0, 0.1) is 11.6 Å². The van der Waals surface area contributed by atoms with E-state index >= 15 is 8.78 Å². The molecule has 11 nitrogen and oxygen atoms in total. The Labute approximate surface area is 308 Å². The van der Waals surface area contributed by atoms with Gasteiger partial charge in [-0.1, -0.05) is 18.9 Å². The quantitative estimate of drug-likeness (QED) is 0.192. The number of likely N-dealkylation sites (N-methyl/N-ethyl adjacent to an activating group) is 1. The highest BCUT2D eigenvalue weighted by Gasteiger charge is 2.53. The first-order chi connectivity index (χ1) is 26.0. The average molecular weight is 783 g/mol. The van der Waals surface area contributed by atoms with Crippen molar-refractivity contribution in [2.75, 3.05) is 38.7 Å². The predicted octanol–water partition coefficient (Wildman–Crippen LogP) is 6.26. The number of aromatic nitrogens is 2. The number of rotatable bonds is 9. The molecule has 4 heterocycles. The van der Waals surface area contributed by atoms with Crippen molar-refractivity contribution < 1.29 is 59.3 Å². The number of amides is 2. The Hall–Kier alpha value is -4.88. The van der Waals surface area contributed by atoms with Gasteiger partial charge in [-0.3, -0.25) is 19.5 Å². The predicted molar refractivity (Wildman–Crippen MR) is 177 cm³/mol. The molecule has 1 saturated carbocycles. The molecule has 2 N–H and O–H groups in total. The topological polar surface area (TPSA) is 120 Å². The number of ether oxygens (including phenoxy) is 2. The average Bonchev–Trinajstić information content (AvgIpc) is 3.65. The Bertz CT molecular complexity index is 2020. The third-order valence-corrected chi connectivity index (χ3v) is 10.8. The fraction of sp³-hybridized carbons (Fsp3) is 0.444. The summed E-state index contributed by atoms with van der Waals surface area (Å²) >= 11 is 0. The lowest BCUT2D eigenvalue weighted by Gasteiger charge is -2.52. The summed E-state index contributed by atoms with van der Waals surface area (Å²) in [6, 6.07) is 5.18. The minimum Gasteiger partial charge on any atom is -0.509 e. The summed E-state index contributed by atoms with van der Waals surface area (Å²) in [6.07, 6.45) is -6.88. The number of hydrazine groups is 1. The SMILES string of the molecule is CN1N(Cc2ccc(OCCN3[C@@H]4COC[C@H]3C4)c(F)c2F)C(=O)C(C(=O)Nc2ccc(C(F)(F)F)cc2-c2cc(C(F)(F)F)ncn2)=C(O)C12CCCC2. The van der Waals surface area contributed by atoms with Crippen molar-refractivity contribution in [2.24, 2.45) is 0 Å². The van der Waals surface area contributed by atoms with Gasteiger partial charge in [0.25, 0.3) is 11.8 Å². The van der Waals surface area contributed by atoms with Crippen LogP contribution < -0.4 is 10.1 Å². The second-order valence-corrected chi connectivity index (χ2v) is 13.9. The fourth-order valence-electron chi connectivity index (χ4n) is 7.78. The highest BCUT2D eigenvalue weighted by molar-refractivity contribution is 6.24. The van der Waals surface area contributed by atoms with Crippen molar-refractivity contribution in [1.29, 1.82) is 0 Å². The van der Waals surface area contributed by atoms with E-state index in [1.165, 1.54) is 24.2 Å². The molecule has 2 aromatic carbocycles. The van der Waals surface area contributed by atoms with Gasteiger partial charge in [-0.15, -0.1) is 0 Å². The van der Waals surface area contributed by atoms with Gasteiger partial charge in [-0.25, -0.2) is 19.4 Å². The van der Waals surface area contributed by atoms with Crippen LogP contribution in [0.5, 0.6) is 5.75 Å². The van der Waals surface area contributed by atoms with Crippen LogP contribution in [0.4, 0.5) is 40.8 Å². The zero-order valence-electron chi connectivity index (χ0n) is 29.1. The van der Waals surface area contributed by atoms with E-state index in [0.717, 1.165) is 17.5 Å². The molecule has 2 amide bonds. The Kier molecular flexibility index (Phi) is 10.00. The molecule has 2 bridgehead atoms. The molecule has 3 fully saturated rings. The van der Waals surface area contributed by atoms with E-state index in [1.54, 1.807) is 0 Å². The van der Waals surface area contributed by atoms with E-state index in [1.807, 2.05) is 0 Å². The van der Waals surface area contributed by atoms with E-state index in [4.69, 9.17) is 9.47 Å². The third kappa shape index (κ3) is 7.08. The number of hydrogen-bond acceptors (Lipinski definition) is 9. The summed E-state index contributed by atoms with van der Waals surface area (Å²) in [5, 5.41) is 16.1. The number of aliphatic hydroxyl groups excluding tert-OH is 1. The molecule has 4 aliphatic rings. The van der Waals surface area contributed by atoms with Crippen molar-refractivity contribution in [3.05, 3.63) is 82.5 Å². The summed E-state index contributed by atoms with van der Waals surface area (Å²) in [7, 11) is 1.44. The van der Waals surface area contributed by atoms with Crippen LogP contribution in [0.3, 0.4) is 0 Å². The molecule has 294 valence electrons. The van der Waals surface area contributed by atoms with Gasteiger partial charge in [0, 0.05) is 36.8 Å². The van der Waals surface area contributed by atoms with E-state index in [9.17, 15) is 41.0 Å². The molecule has 2 atom stereocenters. The maximum Gasteiger partial charge on any atom is 0.433 e. The van der Waals surface area contributed by atoms with Gasteiger partial charge in [-0.05, 0) is 49.6 Å². The molecule has 3 aliphatic heterocycles. The van der Waals surface area contributed by atoms with Crippen LogP contribution in [0.15, 0.2) is 54.1 Å². The Morgan fingerprint density at radius 2 is 1.71 bits per heavy atom. The molecule has 1 aromatic heterocycles. The molecule has 0 radical (unpaired) electrons. The second kappa shape index (κ2) is 14.3. The minimum absolute atomic E-state index is 0.0858. The van der Waals surface area contributed by atoms with Gasteiger partial charge in [0.1, 0.15) is 30.0 Å². The Morgan fingerprint density at radius 3 is 2.36 bits per heavy atom. The van der Waals surface area contributed by atoms with E-state index in [2.05, 4.69) is 20.2 Å². The summed E-state index contributed by atoms with van der Waals surface area (Å²) < 4.78 is 124. The van der Waals surface area contributed by atoms with Gasteiger partial charge in [-0.2, -0.15) is 30.7 Å². The molecule has 7 rings (SSSR count). The van der Waals surface area contributed by atoms with Crippen molar-refractivity contribution in [3.8, 4) is 17.0 Å². The lowest BCUT2D eigenvalue weighted by molar-refractivity contribution is -0.163. The highest BCUT2D eigenvalue weighted by Crippen LogP contribution is 2.45. The van der Waals surface area contributed by atoms with Crippen LogP contribution in [0.25, 0.3) is 11.3 Å². The maximum atomic E-state index is 15.6. The van der Waals surface area contributed by atoms with Gasteiger partial charge in [0.2, 0.25) is 5.82 Å². The van der Waals surface area contributed by atoms with Gasteiger partial charge >= 0.3 is 12.4 Å². The number of anilines is 1. The van der Waals surface area contributed by atoms with Crippen molar-refractivity contribution >= 4 is 17.5 Å². The van der Waals surface area contributed by atoms with Crippen molar-refractivity contribution in [2.45, 2.75) is 68.6 Å². The van der Waals surface area contributed by atoms with E-state index in [0.29, 0.717) is 57.1 Å². The molecular formula is C36H34F8N6O5. The van der Waals surface area contributed by atoms with E-state index in [-0.39, 0.29) is 42.8 Å². The first kappa shape index (κ1) is 38.4. The first-order valence-corrected chi connectivity index (χ1v) is 17.3. The summed E-state index contributed by atoms with van der Waals surface area (Å²) in [5.41, 5.74) is -6.92. The van der Waals surface area contributed by atoms with E-state index < -0.39 is 87.4 Å². The summed E-state index contributed by atoms with van der Waals surface area (Å²) in [6.45, 7) is 1.16. The molecule has 1 aliphatic carbocycles. The number of aliphatic hydroxyl groups is 1. The molecule has 55 heavy (non-hydrogen) atoms. The highest BCUT2D eigenvalue weighted by atomic mass is 19.4. The first-order valence-electron chi connectivity index (χ1n) is 17.3. The van der Waals surface area contributed by atoms with Crippen LogP contribution in [-0.4, -0.2) is 92.8 Å². The smallest absolute Gasteiger partial charge is 0.433 e. The number of carbonyl (C=O) groups excluding carboxylic acids is 2. The lowest BCUT2D eigenvalue weighted by atomic mass is 9.88. The zero-order valence-corrected chi connectivity index (χ0v) is 29.1. The standard InChI is InChI=1S/C36H34F8N6O5/c1-48-34(8-2-3-9-34)31(51)28(32(52)47-24-6-5-20(35(39,40)41)12-23(24)25-14-27(36(42,43)44)46-18-45-25)33(53)50(48)15-19-4-7-26(30(38)29(19)37)55-11-10-49-21-13-22(49)17-54-16-21/h4-7,12,14,18,21-22,51H,2-3,8-11,13,15-17H2,1H3,(H,47,52)/t21-,22+. The number of nitrogens with zero attached hydrogens (tertiary/aromatic N) is 5. The molecule has 1 spiro atoms. The molecule has 19 heteroatoms. The number of halogens is 8. The summed E-state index contributed by atoms with van der Waals surface area (Å²) in [5.74, 6) is -6.08. The fourth-order valence-corrected chi connectivity index (χ4v) is 7.78. The zero-order chi connectivity index (χ0) is 39.4. The second-order valence-electron chi connectivity index (χ2n) is 13.9. The van der Waals surface area contributed by atoms with Crippen molar-refractivity contribution in [3.63, 3.8) is 0 Å².